The van der Waals surface area contributed by atoms with Crippen LogP contribution < -0.4 is 5.32 Å². The number of piperidine rings is 1. The molecule has 2 atom stereocenters. The van der Waals surface area contributed by atoms with Crippen molar-refractivity contribution < 1.29 is 0 Å². The summed E-state index contributed by atoms with van der Waals surface area (Å²) in [5.41, 5.74) is 0.614. The van der Waals surface area contributed by atoms with Gasteiger partial charge in [0, 0.05) is 19.1 Å². The molecule has 106 valence electrons. The van der Waals surface area contributed by atoms with Crippen LogP contribution >= 0.6 is 0 Å². The van der Waals surface area contributed by atoms with Gasteiger partial charge in [0.15, 0.2) is 0 Å². The normalized spacial score (nSPS) is 33.5. The largest absolute Gasteiger partial charge is 0.314 e. The van der Waals surface area contributed by atoms with Gasteiger partial charge in [-0.25, -0.2) is 0 Å². The second kappa shape index (κ2) is 6.38. The predicted molar refractivity (Wildman–Crippen MR) is 78.9 cm³/mol. The lowest BCUT2D eigenvalue weighted by molar-refractivity contribution is 0.0759. The second-order valence-electron chi connectivity index (χ2n) is 7.04. The lowest BCUT2D eigenvalue weighted by Gasteiger charge is -2.43. The van der Waals surface area contributed by atoms with Gasteiger partial charge in [0.2, 0.25) is 0 Å². The van der Waals surface area contributed by atoms with Crippen molar-refractivity contribution in [2.75, 3.05) is 26.2 Å². The maximum Gasteiger partial charge on any atom is 0.0117 e. The molecule has 2 rings (SSSR count). The highest BCUT2D eigenvalue weighted by molar-refractivity contribution is 4.87. The summed E-state index contributed by atoms with van der Waals surface area (Å²) in [6.07, 6.45) is 8.63. The first kappa shape index (κ1) is 14.3. The maximum atomic E-state index is 3.64. The van der Waals surface area contributed by atoms with E-state index in [1.54, 1.807) is 0 Å². The molecule has 1 N–H and O–H groups in total. The molecule has 0 aromatic rings. The Balaban J connectivity index is 1.81. The zero-order chi connectivity index (χ0) is 13.0. The van der Waals surface area contributed by atoms with Crippen LogP contribution in [0.15, 0.2) is 0 Å². The molecule has 0 aromatic heterocycles. The van der Waals surface area contributed by atoms with E-state index in [0.29, 0.717) is 5.41 Å². The van der Waals surface area contributed by atoms with Gasteiger partial charge in [0.1, 0.15) is 0 Å². The SMILES string of the molecule is CCNC1CCN(CC2(C)CCCCC2)CC1C. The fourth-order valence-corrected chi connectivity index (χ4v) is 4.04. The standard InChI is InChI=1S/C16H32N2/c1-4-17-15-8-11-18(12-14(15)2)13-16(3)9-6-5-7-10-16/h14-15,17H,4-13H2,1-3H3. The number of nitrogens with one attached hydrogen (secondary N) is 1. The van der Waals surface area contributed by atoms with Gasteiger partial charge in [-0.1, -0.05) is 40.0 Å². The van der Waals surface area contributed by atoms with E-state index in [9.17, 15) is 0 Å². The summed E-state index contributed by atoms with van der Waals surface area (Å²) in [5.74, 6) is 0.811. The third-order valence-electron chi connectivity index (χ3n) is 5.12. The van der Waals surface area contributed by atoms with Crippen molar-refractivity contribution in [2.45, 2.75) is 65.3 Å². The first-order valence-corrected chi connectivity index (χ1v) is 8.09. The molecule has 1 aliphatic heterocycles. The zero-order valence-corrected chi connectivity index (χ0v) is 12.7. The van der Waals surface area contributed by atoms with Crippen LogP contribution in [0.2, 0.25) is 0 Å². The Morgan fingerprint density at radius 2 is 1.94 bits per heavy atom. The van der Waals surface area contributed by atoms with E-state index in [4.69, 9.17) is 0 Å². The molecule has 2 heteroatoms. The van der Waals surface area contributed by atoms with Crippen LogP contribution in [-0.2, 0) is 0 Å². The third-order valence-corrected chi connectivity index (χ3v) is 5.12. The van der Waals surface area contributed by atoms with Crippen molar-refractivity contribution >= 4 is 0 Å². The smallest absolute Gasteiger partial charge is 0.0117 e. The van der Waals surface area contributed by atoms with E-state index in [1.165, 1.54) is 58.2 Å². The lowest BCUT2D eigenvalue weighted by atomic mass is 9.75. The Morgan fingerprint density at radius 3 is 2.56 bits per heavy atom. The monoisotopic (exact) mass is 252 g/mol. The number of likely N-dealkylation sites (tertiary alicyclic amines) is 1. The molecule has 1 heterocycles. The number of hydrogen-bond donors (Lipinski definition) is 1. The van der Waals surface area contributed by atoms with Crippen molar-refractivity contribution in [1.29, 1.82) is 0 Å². The lowest BCUT2D eigenvalue weighted by Crippen LogP contribution is -2.50. The van der Waals surface area contributed by atoms with Crippen LogP contribution in [0.25, 0.3) is 0 Å². The first-order valence-electron chi connectivity index (χ1n) is 8.09. The minimum absolute atomic E-state index is 0.614. The average Bonchev–Trinajstić information content (AvgIpc) is 2.33. The quantitative estimate of drug-likeness (QED) is 0.826. The molecule has 18 heavy (non-hydrogen) atoms. The van der Waals surface area contributed by atoms with Crippen LogP contribution in [0.1, 0.15) is 59.3 Å². The van der Waals surface area contributed by atoms with Gasteiger partial charge < -0.3 is 10.2 Å². The topological polar surface area (TPSA) is 15.3 Å². The van der Waals surface area contributed by atoms with E-state index in [0.717, 1.165) is 18.5 Å². The summed E-state index contributed by atoms with van der Waals surface area (Å²) < 4.78 is 0. The van der Waals surface area contributed by atoms with E-state index >= 15 is 0 Å². The summed E-state index contributed by atoms with van der Waals surface area (Å²) in [6, 6.07) is 0.755. The summed E-state index contributed by atoms with van der Waals surface area (Å²) in [6.45, 7) is 12.2. The minimum atomic E-state index is 0.614. The molecule has 0 aromatic carbocycles. The molecule has 0 bridgehead atoms. The summed E-state index contributed by atoms with van der Waals surface area (Å²) in [4.78, 5) is 2.74. The van der Waals surface area contributed by atoms with Crippen molar-refractivity contribution in [2.24, 2.45) is 11.3 Å². The van der Waals surface area contributed by atoms with Crippen LogP contribution in [-0.4, -0.2) is 37.1 Å². The molecule has 1 aliphatic carbocycles. The van der Waals surface area contributed by atoms with E-state index in [2.05, 4.69) is 31.0 Å². The molecule has 1 saturated carbocycles. The van der Waals surface area contributed by atoms with Crippen LogP contribution in [0.5, 0.6) is 0 Å². The molecule has 0 spiro atoms. The fourth-order valence-electron chi connectivity index (χ4n) is 4.04. The van der Waals surface area contributed by atoms with Gasteiger partial charge in [0.05, 0.1) is 0 Å². The predicted octanol–water partition coefficient (Wildman–Crippen LogP) is 3.28. The number of rotatable bonds is 4. The Bertz CT molecular complexity index is 245. The first-order chi connectivity index (χ1) is 8.63. The Morgan fingerprint density at radius 1 is 1.22 bits per heavy atom. The molecule has 2 aliphatic rings. The molecule has 2 unspecified atom stereocenters. The maximum absolute atomic E-state index is 3.64. The van der Waals surface area contributed by atoms with Crippen LogP contribution in [0, 0.1) is 11.3 Å². The molecular formula is C16H32N2. The zero-order valence-electron chi connectivity index (χ0n) is 12.7. The number of nitrogens with zero attached hydrogens (tertiary/aromatic N) is 1. The third kappa shape index (κ3) is 3.71. The van der Waals surface area contributed by atoms with E-state index < -0.39 is 0 Å². The molecule has 0 radical (unpaired) electrons. The molecule has 2 fully saturated rings. The molecular weight excluding hydrogens is 220 g/mol. The Labute approximate surface area is 114 Å². The highest BCUT2D eigenvalue weighted by atomic mass is 15.2. The summed E-state index contributed by atoms with van der Waals surface area (Å²) in [7, 11) is 0. The van der Waals surface area contributed by atoms with E-state index in [1.807, 2.05) is 0 Å². The van der Waals surface area contributed by atoms with Crippen molar-refractivity contribution in [1.82, 2.24) is 10.2 Å². The number of hydrogen-bond acceptors (Lipinski definition) is 2. The van der Waals surface area contributed by atoms with Gasteiger partial charge >= 0.3 is 0 Å². The van der Waals surface area contributed by atoms with Gasteiger partial charge in [-0.2, -0.15) is 0 Å². The Hall–Kier alpha value is -0.0800. The van der Waals surface area contributed by atoms with Gasteiger partial charge in [-0.05, 0) is 43.7 Å². The summed E-state index contributed by atoms with van der Waals surface area (Å²) in [5, 5.41) is 3.64. The second-order valence-corrected chi connectivity index (χ2v) is 7.04. The summed E-state index contributed by atoms with van der Waals surface area (Å²) >= 11 is 0. The van der Waals surface area contributed by atoms with Crippen molar-refractivity contribution in [3.63, 3.8) is 0 Å². The molecule has 2 nitrogen and oxygen atoms in total. The van der Waals surface area contributed by atoms with Crippen LogP contribution in [0.4, 0.5) is 0 Å². The minimum Gasteiger partial charge on any atom is -0.314 e. The Kier molecular flexibility index (Phi) is 5.08. The van der Waals surface area contributed by atoms with E-state index in [-0.39, 0.29) is 0 Å². The van der Waals surface area contributed by atoms with Crippen molar-refractivity contribution in [3.8, 4) is 0 Å². The van der Waals surface area contributed by atoms with Gasteiger partial charge in [-0.3, -0.25) is 0 Å². The average molecular weight is 252 g/mol. The van der Waals surface area contributed by atoms with Gasteiger partial charge in [0.25, 0.3) is 0 Å². The highest BCUT2D eigenvalue weighted by Crippen LogP contribution is 2.37. The highest BCUT2D eigenvalue weighted by Gasteiger charge is 2.32. The fraction of sp³-hybridized carbons (Fsp3) is 1.00. The van der Waals surface area contributed by atoms with Gasteiger partial charge in [-0.15, -0.1) is 0 Å². The van der Waals surface area contributed by atoms with Crippen molar-refractivity contribution in [3.05, 3.63) is 0 Å². The van der Waals surface area contributed by atoms with Crippen LogP contribution in [0.3, 0.4) is 0 Å². The molecule has 1 saturated heterocycles. The molecule has 0 amide bonds.